The Balaban J connectivity index is 4.00. The maximum atomic E-state index is 12.6. The van der Waals surface area contributed by atoms with Crippen LogP contribution in [0.15, 0.2) is 24.3 Å². The van der Waals surface area contributed by atoms with Gasteiger partial charge in [0.15, 0.2) is 0 Å². The van der Waals surface area contributed by atoms with Crippen molar-refractivity contribution < 1.29 is 19.4 Å². The third-order valence-corrected chi connectivity index (χ3v) is 8.63. The summed E-state index contributed by atoms with van der Waals surface area (Å²) < 4.78 is 5.91. The van der Waals surface area contributed by atoms with Crippen LogP contribution in [0.3, 0.4) is 0 Å². The summed E-state index contributed by atoms with van der Waals surface area (Å²) in [5, 5.41) is 8.76. The molecular formula is C40H74O4. The lowest BCUT2D eigenvalue weighted by atomic mass is 10.0. The number of allylic oxidation sites excluding steroid dienone is 3. The average molecular weight is 619 g/mol. The van der Waals surface area contributed by atoms with E-state index < -0.39 is 5.97 Å². The van der Waals surface area contributed by atoms with E-state index in [0.717, 1.165) is 64.2 Å². The normalized spacial score (nSPS) is 12.4. The topological polar surface area (TPSA) is 63.6 Å². The van der Waals surface area contributed by atoms with Crippen LogP contribution in [0.25, 0.3) is 0 Å². The summed E-state index contributed by atoms with van der Waals surface area (Å²) in [7, 11) is 0. The fourth-order valence-electron chi connectivity index (χ4n) is 5.74. The van der Waals surface area contributed by atoms with Gasteiger partial charge in [-0.05, 0) is 70.3 Å². The van der Waals surface area contributed by atoms with Gasteiger partial charge in [-0.1, -0.05) is 154 Å². The largest absolute Gasteiger partial charge is 0.481 e. The molecule has 0 spiro atoms. The molecule has 0 aliphatic heterocycles. The molecule has 0 rings (SSSR count). The zero-order valence-electron chi connectivity index (χ0n) is 29.5. The highest BCUT2D eigenvalue weighted by atomic mass is 16.5. The minimum atomic E-state index is -0.699. The summed E-state index contributed by atoms with van der Waals surface area (Å²) in [6.45, 7) is 4.53. The number of unbranched alkanes of at least 4 members (excludes halogenated alkanes) is 24. The zero-order valence-corrected chi connectivity index (χ0v) is 29.5. The van der Waals surface area contributed by atoms with Crippen molar-refractivity contribution >= 4 is 11.9 Å². The number of carboxylic acids is 1. The molecular weight excluding hydrogens is 544 g/mol. The summed E-state index contributed by atoms with van der Waals surface area (Å²) in [6.07, 6.45) is 45.0. The second kappa shape index (κ2) is 35.9. The van der Waals surface area contributed by atoms with Crippen LogP contribution in [0.2, 0.25) is 0 Å². The van der Waals surface area contributed by atoms with E-state index in [1.165, 1.54) is 122 Å². The van der Waals surface area contributed by atoms with Gasteiger partial charge < -0.3 is 9.84 Å². The second-order valence-electron chi connectivity index (χ2n) is 13.1. The predicted octanol–water partition coefficient (Wildman–Crippen LogP) is 13.2. The predicted molar refractivity (Wildman–Crippen MR) is 190 cm³/mol. The third-order valence-electron chi connectivity index (χ3n) is 8.63. The molecule has 0 amide bonds. The molecule has 0 saturated heterocycles. The smallest absolute Gasteiger partial charge is 0.306 e. The Bertz CT molecular complexity index is 668. The number of rotatable bonds is 35. The Hall–Kier alpha value is -1.58. The number of carboxylic acid groups (broad SMARTS) is 1. The van der Waals surface area contributed by atoms with Gasteiger partial charge in [-0.2, -0.15) is 0 Å². The van der Waals surface area contributed by atoms with Gasteiger partial charge in [0.05, 0.1) is 0 Å². The highest BCUT2D eigenvalue weighted by Gasteiger charge is 2.11. The molecule has 0 aliphatic carbocycles. The Morgan fingerprint density at radius 2 is 0.886 bits per heavy atom. The Morgan fingerprint density at radius 3 is 1.36 bits per heavy atom. The van der Waals surface area contributed by atoms with Crippen LogP contribution in [-0.4, -0.2) is 23.1 Å². The van der Waals surface area contributed by atoms with Gasteiger partial charge in [0.25, 0.3) is 0 Å². The highest BCUT2D eigenvalue weighted by molar-refractivity contribution is 5.69. The number of carbonyl (C=O) groups is 2. The van der Waals surface area contributed by atoms with Crippen molar-refractivity contribution in [1.29, 1.82) is 0 Å². The molecule has 44 heavy (non-hydrogen) atoms. The first-order valence-corrected chi connectivity index (χ1v) is 19.3. The standard InChI is InChI=1S/C40H74O4/c1-3-5-7-9-11-13-14-15-16-17-18-19-20-21-23-29-33-37-40(43)44-38(34-30-26-22-12-10-8-6-4-2)35-31-27-24-25-28-32-36-39(41)42/h15-16,30,34,38H,3-14,17-29,31-33,35-37H2,1-2H3,(H,41,42)/b16-15-,34-30-. The van der Waals surface area contributed by atoms with E-state index in [4.69, 9.17) is 9.84 Å². The molecule has 0 radical (unpaired) electrons. The van der Waals surface area contributed by atoms with Gasteiger partial charge in [-0.3, -0.25) is 9.59 Å². The molecule has 0 aromatic carbocycles. The van der Waals surface area contributed by atoms with Crippen LogP contribution in [0.1, 0.15) is 213 Å². The van der Waals surface area contributed by atoms with Crippen LogP contribution in [0, 0.1) is 0 Å². The summed E-state index contributed by atoms with van der Waals surface area (Å²) in [6, 6.07) is 0. The fraction of sp³-hybridized carbons (Fsp3) is 0.850. The Labute approximate surface area is 274 Å². The highest BCUT2D eigenvalue weighted by Crippen LogP contribution is 2.16. The van der Waals surface area contributed by atoms with Gasteiger partial charge in [0.2, 0.25) is 0 Å². The van der Waals surface area contributed by atoms with E-state index in [1.54, 1.807) is 0 Å². The van der Waals surface area contributed by atoms with E-state index in [0.29, 0.717) is 6.42 Å². The molecule has 0 heterocycles. The van der Waals surface area contributed by atoms with Crippen molar-refractivity contribution in [3.8, 4) is 0 Å². The van der Waals surface area contributed by atoms with Crippen molar-refractivity contribution in [2.24, 2.45) is 0 Å². The number of hydrogen-bond acceptors (Lipinski definition) is 3. The van der Waals surface area contributed by atoms with Crippen molar-refractivity contribution in [1.82, 2.24) is 0 Å². The minimum Gasteiger partial charge on any atom is -0.481 e. The number of aliphatic carboxylic acids is 1. The lowest BCUT2D eigenvalue weighted by Crippen LogP contribution is -2.16. The Morgan fingerprint density at radius 1 is 0.500 bits per heavy atom. The zero-order chi connectivity index (χ0) is 32.2. The van der Waals surface area contributed by atoms with Gasteiger partial charge in [-0.15, -0.1) is 0 Å². The first-order chi connectivity index (χ1) is 21.6. The van der Waals surface area contributed by atoms with E-state index in [1.807, 2.05) is 0 Å². The molecule has 258 valence electrons. The lowest BCUT2D eigenvalue weighted by Gasteiger charge is -2.15. The van der Waals surface area contributed by atoms with E-state index in [2.05, 4.69) is 38.2 Å². The first kappa shape index (κ1) is 42.4. The first-order valence-electron chi connectivity index (χ1n) is 19.3. The Kier molecular flexibility index (Phi) is 34.6. The summed E-state index contributed by atoms with van der Waals surface area (Å²) in [4.78, 5) is 23.2. The van der Waals surface area contributed by atoms with Crippen LogP contribution in [0.4, 0.5) is 0 Å². The van der Waals surface area contributed by atoms with E-state index in [-0.39, 0.29) is 18.5 Å². The van der Waals surface area contributed by atoms with Crippen molar-refractivity contribution in [2.45, 2.75) is 219 Å². The molecule has 0 fully saturated rings. The monoisotopic (exact) mass is 619 g/mol. The summed E-state index contributed by atoms with van der Waals surface area (Å²) in [5.74, 6) is -0.740. The quantitative estimate of drug-likeness (QED) is 0.0436. The van der Waals surface area contributed by atoms with E-state index in [9.17, 15) is 9.59 Å². The van der Waals surface area contributed by atoms with Crippen LogP contribution in [-0.2, 0) is 14.3 Å². The van der Waals surface area contributed by atoms with Crippen molar-refractivity contribution in [3.63, 3.8) is 0 Å². The number of ether oxygens (including phenoxy) is 1. The molecule has 1 atom stereocenters. The van der Waals surface area contributed by atoms with Crippen molar-refractivity contribution in [2.75, 3.05) is 0 Å². The average Bonchev–Trinajstić information content (AvgIpc) is 3.01. The number of hydrogen-bond donors (Lipinski definition) is 1. The van der Waals surface area contributed by atoms with Gasteiger partial charge in [0, 0.05) is 12.8 Å². The molecule has 4 nitrogen and oxygen atoms in total. The maximum absolute atomic E-state index is 12.6. The molecule has 0 aromatic heterocycles. The summed E-state index contributed by atoms with van der Waals surface area (Å²) in [5.41, 5.74) is 0. The number of esters is 1. The lowest BCUT2D eigenvalue weighted by molar-refractivity contribution is -0.147. The molecule has 0 bridgehead atoms. The molecule has 4 heteroatoms. The van der Waals surface area contributed by atoms with Gasteiger partial charge in [-0.25, -0.2) is 0 Å². The SMILES string of the molecule is CCCCCCCC/C=C\CCCCCCCCCC(=O)OC(/C=C\CCCCCCCC)CCCCCCCCC(=O)O. The van der Waals surface area contributed by atoms with Gasteiger partial charge >= 0.3 is 11.9 Å². The van der Waals surface area contributed by atoms with Crippen LogP contribution in [0.5, 0.6) is 0 Å². The number of carbonyl (C=O) groups excluding carboxylic acids is 1. The molecule has 0 aromatic rings. The fourth-order valence-corrected chi connectivity index (χ4v) is 5.74. The second-order valence-corrected chi connectivity index (χ2v) is 13.1. The van der Waals surface area contributed by atoms with Crippen molar-refractivity contribution in [3.05, 3.63) is 24.3 Å². The minimum absolute atomic E-state index is 0.0411. The van der Waals surface area contributed by atoms with Crippen LogP contribution >= 0.6 is 0 Å². The maximum Gasteiger partial charge on any atom is 0.306 e. The molecule has 0 aliphatic rings. The third kappa shape index (κ3) is 34.9. The van der Waals surface area contributed by atoms with E-state index >= 15 is 0 Å². The molecule has 1 unspecified atom stereocenters. The van der Waals surface area contributed by atoms with Crippen LogP contribution < -0.4 is 0 Å². The van der Waals surface area contributed by atoms with Gasteiger partial charge in [0.1, 0.15) is 6.10 Å². The summed E-state index contributed by atoms with van der Waals surface area (Å²) >= 11 is 0. The molecule has 1 N–H and O–H groups in total. The molecule has 0 saturated carbocycles.